The highest BCUT2D eigenvalue weighted by molar-refractivity contribution is 7.89. The van der Waals surface area contributed by atoms with Crippen LogP contribution in [0.4, 0.5) is 0 Å². The molecule has 0 unspecified atom stereocenters. The van der Waals surface area contributed by atoms with Crippen molar-refractivity contribution in [3.05, 3.63) is 40.0 Å². The molecular weight excluding hydrogens is 372 g/mol. The summed E-state index contributed by atoms with van der Waals surface area (Å²) in [6, 6.07) is 0. The summed E-state index contributed by atoms with van der Waals surface area (Å²) in [5.74, 6) is 0.487. The first kappa shape index (κ1) is 21.1. The summed E-state index contributed by atoms with van der Waals surface area (Å²) in [7, 11) is -3.57. The Hall–Kier alpha value is -1.66. The number of benzene rings is 1. The van der Waals surface area contributed by atoms with Crippen molar-refractivity contribution >= 4 is 15.9 Å². The monoisotopic (exact) mass is 404 g/mol. The fraction of sp³-hybridized carbons (Fsp3) is 0.591. The van der Waals surface area contributed by atoms with E-state index in [0.717, 1.165) is 40.7 Å². The Morgan fingerprint density at radius 3 is 1.96 bits per heavy atom. The smallest absolute Gasteiger partial charge is 0.243 e. The van der Waals surface area contributed by atoms with E-state index < -0.39 is 10.0 Å². The van der Waals surface area contributed by atoms with Crippen LogP contribution in [-0.4, -0.2) is 49.7 Å². The third-order valence-electron chi connectivity index (χ3n) is 6.67. The molecule has 0 spiro atoms. The van der Waals surface area contributed by atoms with Gasteiger partial charge in [0, 0.05) is 32.6 Å². The highest BCUT2D eigenvalue weighted by Gasteiger charge is 2.33. The third-order valence-corrected chi connectivity index (χ3v) is 8.84. The molecule has 1 fully saturated rings. The minimum atomic E-state index is -3.57. The van der Waals surface area contributed by atoms with Gasteiger partial charge in [-0.15, -0.1) is 0 Å². The number of hydrogen-bond donors (Lipinski definition) is 0. The molecule has 0 saturated carbocycles. The van der Waals surface area contributed by atoms with Crippen LogP contribution in [0.1, 0.15) is 47.1 Å². The second kappa shape index (κ2) is 7.99. The zero-order valence-corrected chi connectivity index (χ0v) is 18.5. The van der Waals surface area contributed by atoms with Gasteiger partial charge in [0.1, 0.15) is 0 Å². The maximum absolute atomic E-state index is 13.4. The van der Waals surface area contributed by atoms with Gasteiger partial charge in [0.25, 0.3) is 0 Å². The van der Waals surface area contributed by atoms with Crippen LogP contribution in [0, 0.1) is 40.5 Å². The van der Waals surface area contributed by atoms with Crippen LogP contribution < -0.4 is 0 Å². The number of hydrogen-bond acceptors (Lipinski definition) is 3. The van der Waals surface area contributed by atoms with Crippen molar-refractivity contribution in [1.29, 1.82) is 0 Å². The van der Waals surface area contributed by atoms with Crippen LogP contribution in [0.15, 0.2) is 17.0 Å². The van der Waals surface area contributed by atoms with Gasteiger partial charge in [-0.1, -0.05) is 12.2 Å². The van der Waals surface area contributed by atoms with Gasteiger partial charge in [-0.05, 0) is 81.2 Å². The molecule has 1 heterocycles. The first-order valence-corrected chi connectivity index (χ1v) is 11.6. The molecule has 1 aliphatic carbocycles. The molecule has 1 aromatic carbocycles. The summed E-state index contributed by atoms with van der Waals surface area (Å²) in [4.78, 5) is 14.8. The van der Waals surface area contributed by atoms with Crippen molar-refractivity contribution in [2.45, 2.75) is 58.8 Å². The number of nitrogens with zero attached hydrogens (tertiary/aromatic N) is 2. The van der Waals surface area contributed by atoms with Crippen LogP contribution in [0.3, 0.4) is 0 Å². The zero-order valence-electron chi connectivity index (χ0n) is 17.7. The summed E-state index contributed by atoms with van der Waals surface area (Å²) in [5, 5.41) is 0. The van der Waals surface area contributed by atoms with E-state index in [1.807, 2.05) is 39.5 Å². The van der Waals surface area contributed by atoms with E-state index in [0.29, 0.717) is 43.4 Å². The van der Waals surface area contributed by atoms with E-state index in [1.165, 1.54) is 0 Å². The lowest BCUT2D eigenvalue weighted by atomic mass is 9.95. The predicted molar refractivity (Wildman–Crippen MR) is 112 cm³/mol. The predicted octanol–water partition coefficient (Wildman–Crippen LogP) is 3.42. The van der Waals surface area contributed by atoms with Crippen molar-refractivity contribution < 1.29 is 13.2 Å². The van der Waals surface area contributed by atoms with Crippen molar-refractivity contribution in [1.82, 2.24) is 9.21 Å². The molecular formula is C22H32N2O3S. The van der Waals surface area contributed by atoms with Crippen LogP contribution in [-0.2, 0) is 14.8 Å². The minimum absolute atomic E-state index is 0.142. The van der Waals surface area contributed by atoms with E-state index in [2.05, 4.69) is 12.2 Å². The van der Waals surface area contributed by atoms with Gasteiger partial charge < -0.3 is 4.90 Å². The van der Waals surface area contributed by atoms with Gasteiger partial charge >= 0.3 is 0 Å². The summed E-state index contributed by atoms with van der Waals surface area (Å²) >= 11 is 0. The second-order valence-corrected chi connectivity index (χ2v) is 10.1. The Kier molecular flexibility index (Phi) is 6.01. The largest absolute Gasteiger partial charge is 0.340 e. The van der Waals surface area contributed by atoms with E-state index in [4.69, 9.17) is 0 Å². The fourth-order valence-electron chi connectivity index (χ4n) is 4.38. The number of allylic oxidation sites excluding steroid dienone is 2. The Balaban J connectivity index is 1.75. The molecule has 1 saturated heterocycles. The van der Waals surface area contributed by atoms with Crippen LogP contribution >= 0.6 is 0 Å². The highest BCUT2D eigenvalue weighted by atomic mass is 32.2. The quantitative estimate of drug-likeness (QED) is 0.723. The topological polar surface area (TPSA) is 57.7 Å². The first-order valence-electron chi connectivity index (χ1n) is 10.2. The van der Waals surface area contributed by atoms with Gasteiger partial charge in [0.15, 0.2) is 0 Å². The molecule has 1 aromatic rings. The number of piperazine rings is 1. The lowest BCUT2D eigenvalue weighted by Crippen LogP contribution is -2.50. The van der Waals surface area contributed by atoms with Crippen LogP contribution in [0.25, 0.3) is 0 Å². The van der Waals surface area contributed by atoms with Gasteiger partial charge in [-0.25, -0.2) is 8.42 Å². The van der Waals surface area contributed by atoms with Gasteiger partial charge in [-0.2, -0.15) is 4.31 Å². The van der Waals surface area contributed by atoms with E-state index in [1.54, 1.807) is 4.31 Å². The number of amides is 1. The number of carbonyl (C=O) groups excluding carboxylic acids is 1. The molecule has 28 heavy (non-hydrogen) atoms. The van der Waals surface area contributed by atoms with Gasteiger partial charge in [-0.3, -0.25) is 4.79 Å². The molecule has 6 heteroatoms. The average Bonchev–Trinajstić information content (AvgIpc) is 3.18. The third kappa shape index (κ3) is 3.77. The molecule has 0 radical (unpaired) electrons. The van der Waals surface area contributed by atoms with Crippen molar-refractivity contribution in [3.8, 4) is 0 Å². The molecule has 3 rings (SSSR count). The Labute approximate surface area is 169 Å². The number of rotatable bonds is 4. The summed E-state index contributed by atoms with van der Waals surface area (Å²) in [6.07, 6.45) is 6.91. The van der Waals surface area contributed by atoms with E-state index in [-0.39, 0.29) is 5.91 Å². The number of sulfonamides is 1. The Morgan fingerprint density at radius 1 is 0.929 bits per heavy atom. The summed E-state index contributed by atoms with van der Waals surface area (Å²) in [5.41, 5.74) is 4.92. The lowest BCUT2D eigenvalue weighted by Gasteiger charge is -2.35. The molecule has 1 atom stereocenters. The Morgan fingerprint density at radius 2 is 1.46 bits per heavy atom. The summed E-state index contributed by atoms with van der Waals surface area (Å²) < 4.78 is 28.4. The molecule has 2 aliphatic rings. The fourth-order valence-corrected chi connectivity index (χ4v) is 6.36. The normalized spacial score (nSPS) is 20.8. The SMILES string of the molecule is Cc1c(C)c(C)c(S(=O)(=O)N2CCN(C(=O)C[C@@H]3C=CCC3)CC2)c(C)c1C. The van der Waals surface area contributed by atoms with Crippen molar-refractivity contribution in [2.24, 2.45) is 5.92 Å². The van der Waals surface area contributed by atoms with E-state index >= 15 is 0 Å². The molecule has 5 nitrogen and oxygen atoms in total. The molecule has 0 bridgehead atoms. The molecule has 154 valence electrons. The maximum atomic E-state index is 13.4. The maximum Gasteiger partial charge on any atom is 0.243 e. The average molecular weight is 405 g/mol. The Bertz CT molecular complexity index is 881. The second-order valence-electron chi connectivity index (χ2n) is 8.21. The molecule has 0 N–H and O–H groups in total. The zero-order chi connectivity index (χ0) is 20.6. The van der Waals surface area contributed by atoms with Crippen LogP contribution in [0.2, 0.25) is 0 Å². The minimum Gasteiger partial charge on any atom is -0.340 e. The van der Waals surface area contributed by atoms with Crippen molar-refractivity contribution in [3.63, 3.8) is 0 Å². The molecule has 1 amide bonds. The standard InChI is InChI=1S/C22H32N2O3S/c1-15-16(2)18(4)22(19(5)17(15)3)28(26,27)24-12-10-23(11-13-24)21(25)14-20-8-6-7-9-20/h6,8,20H,7,9-14H2,1-5H3/t20-/m1/s1. The van der Waals surface area contributed by atoms with Gasteiger partial charge in [0.05, 0.1) is 4.90 Å². The van der Waals surface area contributed by atoms with Crippen LogP contribution in [0.5, 0.6) is 0 Å². The molecule has 0 aromatic heterocycles. The molecule has 1 aliphatic heterocycles. The van der Waals surface area contributed by atoms with E-state index in [9.17, 15) is 13.2 Å². The number of carbonyl (C=O) groups is 1. The first-order chi connectivity index (χ1) is 13.1. The van der Waals surface area contributed by atoms with Crippen molar-refractivity contribution in [2.75, 3.05) is 26.2 Å². The van der Waals surface area contributed by atoms with Gasteiger partial charge in [0.2, 0.25) is 15.9 Å². The highest BCUT2D eigenvalue weighted by Crippen LogP contribution is 2.32. The lowest BCUT2D eigenvalue weighted by molar-refractivity contribution is -0.133. The summed E-state index contributed by atoms with van der Waals surface area (Å²) in [6.45, 7) is 11.5.